The molecule has 2 aromatic rings. The number of carbonyl (C=O) groups excluding carboxylic acids is 1. The van der Waals surface area contributed by atoms with Crippen LogP contribution in [0.15, 0.2) is 18.3 Å². The summed E-state index contributed by atoms with van der Waals surface area (Å²) >= 11 is 0. The van der Waals surface area contributed by atoms with Crippen LogP contribution in [0.5, 0.6) is 5.75 Å². The smallest absolute Gasteiger partial charge is 0.326 e. The first kappa shape index (κ1) is 17.8. The molecular formula is C17H23N3O4. The number of rotatable bonds is 7. The third-order valence-electron chi connectivity index (χ3n) is 4.07. The average Bonchev–Trinajstić information content (AvgIpc) is 2.88. The Labute approximate surface area is 140 Å². The van der Waals surface area contributed by atoms with Gasteiger partial charge in [-0.25, -0.2) is 9.78 Å². The predicted molar refractivity (Wildman–Crippen MR) is 89.4 cm³/mol. The van der Waals surface area contributed by atoms with Crippen LogP contribution in [0.4, 0.5) is 0 Å². The van der Waals surface area contributed by atoms with Gasteiger partial charge in [-0.2, -0.15) is 0 Å². The zero-order valence-corrected chi connectivity index (χ0v) is 14.4. The largest absolute Gasteiger partial charge is 0.490 e. The number of nitrogens with one attached hydrogen (secondary N) is 1. The van der Waals surface area contributed by atoms with Crippen molar-refractivity contribution >= 4 is 17.5 Å². The Hall–Kier alpha value is -2.57. The van der Waals surface area contributed by atoms with Crippen molar-refractivity contribution in [1.29, 1.82) is 0 Å². The first-order chi connectivity index (χ1) is 11.4. The molecule has 130 valence electrons. The number of hydrogen-bond acceptors (Lipinski definition) is 4. The number of carbonyl (C=O) groups is 2. The van der Waals surface area contributed by atoms with Crippen molar-refractivity contribution in [2.45, 2.75) is 40.2 Å². The maximum Gasteiger partial charge on any atom is 0.326 e. The Kier molecular flexibility index (Phi) is 5.43. The highest BCUT2D eigenvalue weighted by Crippen LogP contribution is 2.22. The summed E-state index contributed by atoms with van der Waals surface area (Å²) in [4.78, 5) is 28.5. The van der Waals surface area contributed by atoms with Crippen molar-refractivity contribution in [2.24, 2.45) is 5.92 Å². The summed E-state index contributed by atoms with van der Waals surface area (Å²) in [6, 6.07) is 2.60. The molecule has 0 fully saturated rings. The summed E-state index contributed by atoms with van der Waals surface area (Å²) in [7, 11) is 0. The number of amides is 1. The molecule has 0 bridgehead atoms. The van der Waals surface area contributed by atoms with Crippen LogP contribution in [0.2, 0.25) is 0 Å². The molecule has 2 heterocycles. The molecule has 0 saturated carbocycles. The van der Waals surface area contributed by atoms with Gasteiger partial charge in [0.25, 0.3) is 5.91 Å². The number of ether oxygens (including phenoxy) is 1. The zero-order valence-electron chi connectivity index (χ0n) is 14.4. The minimum atomic E-state index is -1.04. The highest BCUT2D eigenvalue weighted by atomic mass is 16.5. The van der Waals surface area contributed by atoms with Gasteiger partial charge in [-0.15, -0.1) is 0 Å². The molecular weight excluding hydrogens is 310 g/mol. The van der Waals surface area contributed by atoms with Crippen LogP contribution in [0, 0.1) is 12.8 Å². The summed E-state index contributed by atoms with van der Waals surface area (Å²) in [5, 5.41) is 12.0. The lowest BCUT2D eigenvalue weighted by atomic mass is 9.99. The highest BCUT2D eigenvalue weighted by Gasteiger charge is 2.28. The molecule has 0 saturated heterocycles. The molecule has 24 heavy (non-hydrogen) atoms. The van der Waals surface area contributed by atoms with E-state index in [1.807, 2.05) is 13.8 Å². The molecule has 2 aromatic heterocycles. The number of carboxylic acid groups (broad SMARTS) is 1. The van der Waals surface area contributed by atoms with Crippen molar-refractivity contribution in [1.82, 2.24) is 14.7 Å². The van der Waals surface area contributed by atoms with E-state index in [1.165, 1.54) is 0 Å². The van der Waals surface area contributed by atoms with E-state index >= 15 is 0 Å². The van der Waals surface area contributed by atoms with Crippen LogP contribution in [-0.4, -0.2) is 39.0 Å². The number of hydrogen-bond donors (Lipinski definition) is 2. The van der Waals surface area contributed by atoms with Crippen molar-refractivity contribution in [3.8, 4) is 5.75 Å². The standard InChI is InChI=1S/C17H23N3O4/c1-5-10(3)13(17(22)23)19-16(21)14-11(4)18-15-12(24-6-2)8-7-9-20(14)15/h7-10,13H,5-6H2,1-4H3,(H,19,21)(H,22,23). The van der Waals surface area contributed by atoms with E-state index in [2.05, 4.69) is 10.3 Å². The van der Waals surface area contributed by atoms with Gasteiger partial charge in [-0.3, -0.25) is 9.20 Å². The van der Waals surface area contributed by atoms with Gasteiger partial charge in [0.15, 0.2) is 11.4 Å². The lowest BCUT2D eigenvalue weighted by Crippen LogP contribution is -2.45. The second kappa shape index (κ2) is 7.33. The van der Waals surface area contributed by atoms with Gasteiger partial charge in [0, 0.05) is 6.20 Å². The number of aromatic nitrogens is 2. The van der Waals surface area contributed by atoms with Gasteiger partial charge in [0.2, 0.25) is 0 Å². The maximum atomic E-state index is 12.7. The van der Waals surface area contributed by atoms with Crippen LogP contribution < -0.4 is 10.1 Å². The summed E-state index contributed by atoms with van der Waals surface area (Å²) in [6.45, 7) is 7.77. The van der Waals surface area contributed by atoms with Crippen LogP contribution in [0.25, 0.3) is 5.65 Å². The van der Waals surface area contributed by atoms with E-state index in [0.717, 1.165) is 0 Å². The minimum absolute atomic E-state index is 0.176. The Morgan fingerprint density at radius 3 is 2.71 bits per heavy atom. The van der Waals surface area contributed by atoms with Crippen molar-refractivity contribution < 1.29 is 19.4 Å². The number of fused-ring (bicyclic) bond motifs is 1. The molecule has 0 aliphatic heterocycles. The summed E-state index contributed by atoms with van der Waals surface area (Å²) in [5.41, 5.74) is 1.38. The van der Waals surface area contributed by atoms with E-state index in [9.17, 15) is 14.7 Å². The quantitative estimate of drug-likeness (QED) is 0.811. The number of aryl methyl sites for hydroxylation is 1. The summed E-state index contributed by atoms with van der Waals surface area (Å²) in [5.74, 6) is -1.09. The fraction of sp³-hybridized carbons (Fsp3) is 0.471. The molecule has 2 rings (SSSR count). The van der Waals surface area contributed by atoms with Crippen LogP contribution in [-0.2, 0) is 4.79 Å². The van der Waals surface area contributed by atoms with Gasteiger partial charge in [-0.1, -0.05) is 20.3 Å². The molecule has 0 aliphatic carbocycles. The maximum absolute atomic E-state index is 12.7. The number of aliphatic carboxylic acids is 1. The molecule has 0 spiro atoms. The van der Waals surface area contributed by atoms with Gasteiger partial charge in [0.1, 0.15) is 11.7 Å². The predicted octanol–water partition coefficient (Wildman–Crippen LogP) is 2.27. The van der Waals surface area contributed by atoms with E-state index in [0.29, 0.717) is 35.8 Å². The normalized spacial score (nSPS) is 13.5. The van der Waals surface area contributed by atoms with Gasteiger partial charge >= 0.3 is 5.97 Å². The number of nitrogens with zero attached hydrogens (tertiary/aromatic N) is 2. The van der Waals surface area contributed by atoms with Crippen LogP contribution >= 0.6 is 0 Å². The van der Waals surface area contributed by atoms with Gasteiger partial charge < -0.3 is 15.2 Å². The molecule has 0 radical (unpaired) electrons. The van der Waals surface area contributed by atoms with Gasteiger partial charge in [-0.05, 0) is 31.9 Å². The molecule has 1 amide bonds. The fourth-order valence-electron chi connectivity index (χ4n) is 2.59. The van der Waals surface area contributed by atoms with Crippen molar-refractivity contribution in [2.75, 3.05) is 6.61 Å². The minimum Gasteiger partial charge on any atom is -0.490 e. The summed E-state index contributed by atoms with van der Waals surface area (Å²) < 4.78 is 7.16. The number of carboxylic acids is 1. The average molecular weight is 333 g/mol. The first-order valence-electron chi connectivity index (χ1n) is 8.04. The molecule has 0 aliphatic rings. The number of imidazole rings is 1. The lowest BCUT2D eigenvalue weighted by Gasteiger charge is -2.20. The Balaban J connectivity index is 2.41. The third-order valence-corrected chi connectivity index (χ3v) is 4.07. The second-order valence-corrected chi connectivity index (χ2v) is 5.72. The molecule has 2 unspecified atom stereocenters. The third kappa shape index (κ3) is 3.34. The number of pyridine rings is 1. The monoisotopic (exact) mass is 333 g/mol. The topological polar surface area (TPSA) is 92.9 Å². The van der Waals surface area contributed by atoms with E-state index in [-0.39, 0.29) is 5.92 Å². The molecule has 2 atom stereocenters. The highest BCUT2D eigenvalue weighted by molar-refractivity contribution is 5.97. The van der Waals surface area contributed by atoms with Crippen LogP contribution in [0.3, 0.4) is 0 Å². The first-order valence-corrected chi connectivity index (χ1v) is 8.04. The molecule has 7 heteroatoms. The zero-order chi connectivity index (χ0) is 17.9. The second-order valence-electron chi connectivity index (χ2n) is 5.72. The summed E-state index contributed by atoms with van der Waals surface area (Å²) in [6.07, 6.45) is 2.36. The van der Waals surface area contributed by atoms with Crippen molar-refractivity contribution in [3.05, 3.63) is 29.7 Å². The van der Waals surface area contributed by atoms with E-state index in [4.69, 9.17) is 4.74 Å². The van der Waals surface area contributed by atoms with Crippen molar-refractivity contribution in [3.63, 3.8) is 0 Å². The Morgan fingerprint density at radius 1 is 1.42 bits per heavy atom. The van der Waals surface area contributed by atoms with E-state index in [1.54, 1.807) is 36.6 Å². The van der Waals surface area contributed by atoms with Gasteiger partial charge in [0.05, 0.1) is 12.3 Å². The molecule has 0 aromatic carbocycles. The van der Waals surface area contributed by atoms with E-state index < -0.39 is 17.9 Å². The van der Waals surface area contributed by atoms with Crippen LogP contribution in [0.1, 0.15) is 43.4 Å². The molecule has 2 N–H and O–H groups in total. The Morgan fingerprint density at radius 2 is 2.12 bits per heavy atom. The lowest BCUT2D eigenvalue weighted by molar-refractivity contribution is -0.140. The molecule has 7 nitrogen and oxygen atoms in total. The Bertz CT molecular complexity index is 754. The fourth-order valence-corrected chi connectivity index (χ4v) is 2.59. The SMILES string of the molecule is CCOc1cccn2c(C(=O)NC(C(=O)O)C(C)CC)c(C)nc12.